The zero-order chi connectivity index (χ0) is 14.6. The fourth-order valence-corrected chi connectivity index (χ4v) is 1.89. The van der Waals surface area contributed by atoms with E-state index < -0.39 is 0 Å². The molecule has 4 heteroatoms. The van der Waals surface area contributed by atoms with Gasteiger partial charge in [-0.3, -0.25) is 4.79 Å². The maximum atomic E-state index is 11.6. The number of unbranched alkanes of at least 4 members (excludes halogenated alkanes) is 4. The van der Waals surface area contributed by atoms with Gasteiger partial charge in [0, 0.05) is 18.8 Å². The largest absolute Gasteiger partial charge is 0.372 e. The predicted octanol–water partition coefficient (Wildman–Crippen LogP) is 3.07. The molecule has 0 aromatic heterocycles. The number of nitrogens with two attached hydrogens (primary N) is 1. The quantitative estimate of drug-likeness (QED) is 0.646. The van der Waals surface area contributed by atoms with Crippen LogP contribution >= 0.6 is 0 Å². The lowest BCUT2D eigenvalue weighted by atomic mass is 10.2. The van der Waals surface area contributed by atoms with Crippen LogP contribution in [0.5, 0.6) is 0 Å². The lowest BCUT2D eigenvalue weighted by Gasteiger charge is -2.07. The summed E-state index contributed by atoms with van der Waals surface area (Å²) in [5, 5.41) is 2.80. The standard InChI is InChI=1S/C16H26N2O2/c1-2-3-4-5-6-11-20-13-16(19)18-15-9-7-14(12-17)8-10-15/h7-10H,2-6,11-13,17H2,1H3,(H,18,19). The summed E-state index contributed by atoms with van der Waals surface area (Å²) in [6, 6.07) is 7.52. The molecular weight excluding hydrogens is 252 g/mol. The molecule has 0 spiro atoms. The summed E-state index contributed by atoms with van der Waals surface area (Å²) in [4.78, 5) is 11.6. The van der Waals surface area contributed by atoms with Crippen LogP contribution in [-0.2, 0) is 16.1 Å². The molecule has 0 aliphatic heterocycles. The number of nitrogens with one attached hydrogen (secondary N) is 1. The first-order valence-corrected chi connectivity index (χ1v) is 7.43. The second-order valence-corrected chi connectivity index (χ2v) is 4.92. The van der Waals surface area contributed by atoms with Crippen molar-refractivity contribution in [3.8, 4) is 0 Å². The van der Waals surface area contributed by atoms with Gasteiger partial charge in [-0.25, -0.2) is 0 Å². The number of anilines is 1. The third-order valence-electron chi connectivity index (χ3n) is 3.10. The molecule has 1 rings (SSSR count). The van der Waals surface area contributed by atoms with Crippen molar-refractivity contribution in [2.45, 2.75) is 45.6 Å². The molecule has 0 unspecified atom stereocenters. The second kappa shape index (κ2) is 10.4. The Morgan fingerprint density at radius 1 is 1.15 bits per heavy atom. The van der Waals surface area contributed by atoms with E-state index in [1.807, 2.05) is 24.3 Å². The van der Waals surface area contributed by atoms with Crippen LogP contribution in [-0.4, -0.2) is 19.1 Å². The minimum absolute atomic E-state index is 0.112. The molecule has 0 bridgehead atoms. The molecule has 0 saturated carbocycles. The topological polar surface area (TPSA) is 64.3 Å². The summed E-state index contributed by atoms with van der Waals surface area (Å²) < 4.78 is 5.36. The van der Waals surface area contributed by atoms with Gasteiger partial charge in [0.25, 0.3) is 0 Å². The monoisotopic (exact) mass is 278 g/mol. The van der Waals surface area contributed by atoms with Gasteiger partial charge in [-0.1, -0.05) is 44.7 Å². The van der Waals surface area contributed by atoms with Crippen molar-refractivity contribution in [1.29, 1.82) is 0 Å². The van der Waals surface area contributed by atoms with Crippen LogP contribution in [0.1, 0.15) is 44.6 Å². The van der Waals surface area contributed by atoms with Crippen LogP contribution in [0.25, 0.3) is 0 Å². The zero-order valence-electron chi connectivity index (χ0n) is 12.4. The number of benzene rings is 1. The van der Waals surface area contributed by atoms with Gasteiger partial charge in [0.15, 0.2) is 0 Å². The van der Waals surface area contributed by atoms with Crippen molar-refractivity contribution in [2.24, 2.45) is 5.73 Å². The molecule has 0 fully saturated rings. The van der Waals surface area contributed by atoms with Crippen molar-refractivity contribution >= 4 is 11.6 Å². The van der Waals surface area contributed by atoms with Crippen LogP contribution < -0.4 is 11.1 Å². The molecule has 0 aliphatic carbocycles. The molecule has 4 nitrogen and oxygen atoms in total. The number of carbonyl (C=O) groups is 1. The van der Waals surface area contributed by atoms with E-state index in [4.69, 9.17) is 10.5 Å². The molecule has 1 amide bonds. The normalized spacial score (nSPS) is 10.5. The van der Waals surface area contributed by atoms with Crippen LogP contribution in [0, 0.1) is 0 Å². The molecule has 112 valence electrons. The summed E-state index contributed by atoms with van der Waals surface area (Å²) in [6.45, 7) is 3.48. The van der Waals surface area contributed by atoms with E-state index in [0.29, 0.717) is 13.2 Å². The first kappa shape index (κ1) is 16.7. The Balaban J connectivity index is 2.10. The maximum absolute atomic E-state index is 11.6. The summed E-state index contributed by atoms with van der Waals surface area (Å²) >= 11 is 0. The number of carbonyl (C=O) groups excluding carboxylic acids is 1. The van der Waals surface area contributed by atoms with E-state index in [9.17, 15) is 4.79 Å². The molecule has 20 heavy (non-hydrogen) atoms. The summed E-state index contributed by atoms with van der Waals surface area (Å²) in [5.41, 5.74) is 7.34. The highest BCUT2D eigenvalue weighted by atomic mass is 16.5. The smallest absolute Gasteiger partial charge is 0.250 e. The average molecular weight is 278 g/mol. The van der Waals surface area contributed by atoms with E-state index in [2.05, 4.69) is 12.2 Å². The molecule has 0 atom stereocenters. The Morgan fingerprint density at radius 3 is 2.50 bits per heavy atom. The van der Waals surface area contributed by atoms with Gasteiger partial charge in [-0.15, -0.1) is 0 Å². The molecule has 3 N–H and O–H groups in total. The van der Waals surface area contributed by atoms with E-state index >= 15 is 0 Å². The highest BCUT2D eigenvalue weighted by Gasteiger charge is 2.02. The lowest BCUT2D eigenvalue weighted by Crippen LogP contribution is -2.18. The minimum Gasteiger partial charge on any atom is -0.372 e. The molecule has 0 heterocycles. The summed E-state index contributed by atoms with van der Waals surface area (Å²) in [5.74, 6) is -0.112. The van der Waals surface area contributed by atoms with E-state index in [0.717, 1.165) is 17.7 Å². The van der Waals surface area contributed by atoms with E-state index in [1.165, 1.54) is 25.7 Å². The number of amides is 1. The molecule has 0 aliphatic rings. The van der Waals surface area contributed by atoms with E-state index in [1.54, 1.807) is 0 Å². The minimum atomic E-state index is -0.112. The van der Waals surface area contributed by atoms with Gasteiger partial charge in [0.05, 0.1) is 0 Å². The Morgan fingerprint density at radius 2 is 1.85 bits per heavy atom. The van der Waals surface area contributed by atoms with E-state index in [-0.39, 0.29) is 12.5 Å². The van der Waals surface area contributed by atoms with Crippen molar-refractivity contribution in [3.05, 3.63) is 29.8 Å². The van der Waals surface area contributed by atoms with Crippen molar-refractivity contribution in [2.75, 3.05) is 18.5 Å². The third kappa shape index (κ3) is 7.26. The van der Waals surface area contributed by atoms with Gasteiger partial charge in [0.2, 0.25) is 5.91 Å². The number of hydrogen-bond donors (Lipinski definition) is 2. The first-order valence-electron chi connectivity index (χ1n) is 7.43. The molecule has 1 aromatic rings. The van der Waals surface area contributed by atoms with Gasteiger partial charge < -0.3 is 15.8 Å². The Bertz CT molecular complexity index is 377. The van der Waals surface area contributed by atoms with Crippen molar-refractivity contribution in [3.63, 3.8) is 0 Å². The number of hydrogen-bond acceptors (Lipinski definition) is 3. The van der Waals surface area contributed by atoms with Crippen molar-refractivity contribution in [1.82, 2.24) is 0 Å². The number of rotatable bonds is 10. The van der Waals surface area contributed by atoms with Crippen LogP contribution in [0.2, 0.25) is 0 Å². The van der Waals surface area contributed by atoms with Crippen LogP contribution in [0.15, 0.2) is 24.3 Å². The van der Waals surface area contributed by atoms with Gasteiger partial charge in [-0.2, -0.15) is 0 Å². The Labute approximate surface area is 121 Å². The SMILES string of the molecule is CCCCCCCOCC(=O)Nc1ccc(CN)cc1. The van der Waals surface area contributed by atoms with Gasteiger partial charge in [-0.05, 0) is 24.1 Å². The predicted molar refractivity (Wildman–Crippen MR) is 82.5 cm³/mol. The third-order valence-corrected chi connectivity index (χ3v) is 3.10. The fourth-order valence-electron chi connectivity index (χ4n) is 1.89. The second-order valence-electron chi connectivity index (χ2n) is 4.92. The highest BCUT2D eigenvalue weighted by Crippen LogP contribution is 2.09. The molecular formula is C16H26N2O2. The van der Waals surface area contributed by atoms with Gasteiger partial charge >= 0.3 is 0 Å². The lowest BCUT2D eigenvalue weighted by molar-refractivity contribution is -0.120. The maximum Gasteiger partial charge on any atom is 0.250 e. The summed E-state index contributed by atoms with van der Waals surface area (Å²) in [7, 11) is 0. The average Bonchev–Trinajstić information content (AvgIpc) is 2.47. The van der Waals surface area contributed by atoms with Gasteiger partial charge in [0.1, 0.15) is 6.61 Å². The Hall–Kier alpha value is -1.39. The zero-order valence-corrected chi connectivity index (χ0v) is 12.4. The summed E-state index contributed by atoms with van der Waals surface area (Å²) in [6.07, 6.45) is 5.97. The number of ether oxygens (including phenoxy) is 1. The highest BCUT2D eigenvalue weighted by molar-refractivity contribution is 5.91. The first-order chi connectivity index (χ1) is 9.76. The molecule has 0 radical (unpaired) electrons. The molecule has 0 saturated heterocycles. The van der Waals surface area contributed by atoms with Crippen LogP contribution in [0.4, 0.5) is 5.69 Å². The molecule has 1 aromatic carbocycles. The fraction of sp³-hybridized carbons (Fsp3) is 0.562. The van der Waals surface area contributed by atoms with Crippen LogP contribution in [0.3, 0.4) is 0 Å². The van der Waals surface area contributed by atoms with Crippen molar-refractivity contribution < 1.29 is 9.53 Å². The Kier molecular flexibility index (Phi) is 8.67.